The van der Waals surface area contributed by atoms with Gasteiger partial charge in [0.25, 0.3) is 0 Å². The molecule has 0 spiro atoms. The summed E-state index contributed by atoms with van der Waals surface area (Å²) in [5.41, 5.74) is 8.64. The number of likely N-dealkylation sites (N-methyl/N-ethyl adjacent to an activating group) is 3. The molecular formula is C129H239N13O7. The van der Waals surface area contributed by atoms with Crippen molar-refractivity contribution in [3.05, 3.63) is 118 Å². The van der Waals surface area contributed by atoms with Crippen molar-refractivity contribution in [2.75, 3.05) is 211 Å². The van der Waals surface area contributed by atoms with Crippen molar-refractivity contribution < 1.29 is 33.3 Å². The fraction of sp³-hybridized carbons (Fsp3) is 0.822. The molecule has 862 valence electrons. The number of carbonyl (C=O) groups is 3. The second kappa shape index (κ2) is 83.1. The van der Waals surface area contributed by atoms with E-state index in [4.69, 9.17) is 18.9 Å². The van der Waals surface area contributed by atoms with Crippen molar-refractivity contribution in [1.29, 1.82) is 0 Å². The predicted octanol–water partition coefficient (Wildman–Crippen LogP) is 28.8. The highest BCUT2D eigenvalue weighted by molar-refractivity contribution is 5.70. The third kappa shape index (κ3) is 68.8. The van der Waals surface area contributed by atoms with Gasteiger partial charge in [-0.25, -0.2) is 14.4 Å². The second-order valence-corrected chi connectivity index (χ2v) is 50.3. The molecule has 0 N–H and O–H groups in total. The van der Waals surface area contributed by atoms with E-state index in [1.54, 1.807) is 16.0 Å². The highest BCUT2D eigenvalue weighted by Gasteiger charge is 2.32. The number of rotatable bonds is 50. The predicted molar refractivity (Wildman–Crippen MR) is 639 cm³/mol. The molecule has 20 heteroatoms. The van der Waals surface area contributed by atoms with Gasteiger partial charge in [0, 0.05) is 157 Å². The number of morpholine rings is 1. The van der Waals surface area contributed by atoms with Gasteiger partial charge in [-0.2, -0.15) is 0 Å². The molecule has 6 fully saturated rings. The maximum atomic E-state index is 11.9. The molecule has 13 rings (SSSR count). The average molecular weight is 2080 g/mol. The number of benzene rings is 3. The molecule has 10 aliphatic rings. The van der Waals surface area contributed by atoms with Gasteiger partial charge in [-0.1, -0.05) is 345 Å². The zero-order valence-electron chi connectivity index (χ0n) is 102. The Balaban J connectivity index is 0.000000345. The number of fused-ring (bicyclic) bond motifs is 3. The van der Waals surface area contributed by atoms with Crippen LogP contribution in [-0.2, 0) is 58.1 Å². The Labute approximate surface area is 920 Å². The molecule has 10 heterocycles. The van der Waals surface area contributed by atoms with Crippen LogP contribution in [0.5, 0.6) is 0 Å². The van der Waals surface area contributed by atoms with E-state index >= 15 is 0 Å². The lowest BCUT2D eigenvalue weighted by Crippen LogP contribution is -2.45. The highest BCUT2D eigenvalue weighted by Crippen LogP contribution is 2.28. The Morgan fingerprint density at radius 1 is 0.289 bits per heavy atom. The third-order valence-corrected chi connectivity index (χ3v) is 30.6. The van der Waals surface area contributed by atoms with Gasteiger partial charge in [0.1, 0.15) is 13.2 Å². The first-order valence-electron chi connectivity index (χ1n) is 61.7. The van der Waals surface area contributed by atoms with Crippen LogP contribution in [0.1, 0.15) is 392 Å². The topological polar surface area (TPSA) is 130 Å². The van der Waals surface area contributed by atoms with Crippen molar-refractivity contribution in [2.24, 2.45) is 59.2 Å². The van der Waals surface area contributed by atoms with Gasteiger partial charge in [-0.05, 0) is 264 Å². The first kappa shape index (κ1) is 136. The minimum absolute atomic E-state index is 0.137. The Morgan fingerprint density at radius 3 is 0.832 bits per heavy atom. The summed E-state index contributed by atoms with van der Waals surface area (Å²) in [6, 6.07) is 26.5. The summed E-state index contributed by atoms with van der Waals surface area (Å²) in [6.07, 6.45) is 45.6. The monoisotopic (exact) mass is 2080 g/mol. The van der Waals surface area contributed by atoms with Crippen molar-refractivity contribution in [1.82, 2.24) is 63.7 Å². The van der Waals surface area contributed by atoms with Gasteiger partial charge in [0.2, 0.25) is 0 Å². The Hall–Kier alpha value is -5.23. The number of cyclic esters (lactones) is 2. The first-order valence-corrected chi connectivity index (χ1v) is 61.7. The second-order valence-electron chi connectivity index (χ2n) is 50.3. The van der Waals surface area contributed by atoms with Crippen LogP contribution in [0.15, 0.2) is 84.9 Å². The molecule has 0 unspecified atom stereocenters. The highest BCUT2D eigenvalue weighted by atomic mass is 16.6. The number of carbonyl (C=O) groups excluding carboxylic acids is 3. The number of hydrogen-bond donors (Lipinski definition) is 0. The maximum Gasteiger partial charge on any atom is 0.410 e. The van der Waals surface area contributed by atoms with Gasteiger partial charge < -0.3 is 58.1 Å². The molecule has 0 radical (unpaired) electrons. The number of ether oxygens (including phenoxy) is 4. The van der Waals surface area contributed by atoms with Gasteiger partial charge >= 0.3 is 18.3 Å². The van der Waals surface area contributed by atoms with Gasteiger partial charge in [-0.3, -0.25) is 24.5 Å². The molecule has 149 heavy (non-hydrogen) atoms. The SMILES string of the molecule is CC(C)CCCCN1C(=O)OC[C@@H]1C.CC(C)CCCCN1C(=O)OC[C@H]1C.CC(C)CCCCN1CC=CC1.CC(C)CCCCN1CCN(C)CC1.CC(C)CCCCN1CCN(C)CC1.CC(C)CCCCN1CCN(C)CC1.CC(C)CCCCN1CCc2ccccc2C1.CC(C)CCCCN1C[C@@H](C)O[C@@H](C)C1.CC(C)CCCCN1Cc2ccccc2C1.CC(C)CCCCOC(=O)N1Cc2ccccc2C1. The number of amides is 3. The van der Waals surface area contributed by atoms with Gasteiger partial charge in [-0.15, -0.1) is 0 Å². The van der Waals surface area contributed by atoms with E-state index in [-0.39, 0.29) is 30.4 Å². The molecule has 10 aliphatic heterocycles. The van der Waals surface area contributed by atoms with E-state index in [1.165, 1.54) is 340 Å². The van der Waals surface area contributed by atoms with Gasteiger partial charge in [0.05, 0.1) is 30.9 Å². The third-order valence-electron chi connectivity index (χ3n) is 30.6. The molecule has 0 aliphatic carbocycles. The molecule has 4 atom stereocenters. The molecule has 20 nitrogen and oxygen atoms in total. The maximum absolute atomic E-state index is 11.9. The summed E-state index contributed by atoms with van der Waals surface area (Å²) in [4.78, 5) is 65.1. The molecule has 0 bridgehead atoms. The van der Waals surface area contributed by atoms with Crippen LogP contribution in [0.25, 0.3) is 0 Å². The van der Waals surface area contributed by atoms with Crippen LogP contribution in [0.2, 0.25) is 0 Å². The lowest BCUT2D eigenvalue weighted by Gasteiger charge is -2.35. The zero-order valence-corrected chi connectivity index (χ0v) is 102. The van der Waals surface area contributed by atoms with E-state index < -0.39 is 0 Å². The molecule has 3 aromatic carbocycles. The van der Waals surface area contributed by atoms with E-state index in [9.17, 15) is 14.4 Å². The van der Waals surface area contributed by atoms with E-state index in [2.05, 4.69) is 295 Å². The summed E-state index contributed by atoms with van der Waals surface area (Å²) in [7, 11) is 6.66. The molecule has 0 aromatic heterocycles. The Morgan fingerprint density at radius 2 is 0.537 bits per heavy atom. The summed E-state index contributed by atoms with van der Waals surface area (Å²) >= 11 is 0. The minimum Gasteiger partial charge on any atom is -0.449 e. The van der Waals surface area contributed by atoms with E-state index in [0.29, 0.717) is 45.1 Å². The van der Waals surface area contributed by atoms with Crippen molar-refractivity contribution in [3.8, 4) is 0 Å². The summed E-state index contributed by atoms with van der Waals surface area (Å²) in [6.45, 7) is 92.4. The quantitative estimate of drug-likeness (QED) is 0.0302. The standard InChI is InChI=1S/C16H23NO2.C16H25N.C15H23N.C13H27NO.3C12H26N2.2C11H21NO2.C11H21N/c1-13(2)7-5-6-10-19-16(18)17-11-14-8-3-4-9-15(14)12-17;1-14(2)7-5-6-11-17-12-10-15-8-3-4-9-16(15)13-17;1-13(2)7-5-6-10-16-11-14-8-3-4-9-15(14)12-16;1-11(2)7-5-6-8-14-9-12(3)15-13(4)10-14;3*1-12(2)6-4-5-7-14-10-8-13(3)9-11-14;2*1-9(2)6-4-5-7-12-10(3)8-14-11(12)13;1-11(2)7-3-4-8-12-9-5-6-10-12/h3-4,8-9,13H,5-7,10-12H2,1-2H3;3-4,8-9,14H,5-7,10-13H2,1-2H3;3-4,8-9,13H,5-7,10-12H2,1-2H3;11-13H,5-10H2,1-4H3;3*12H,4-11H2,1-3H3;2*9-10H,4-8H2,1-3H3;5-6,11H,3-4,7-10H2,1-2H3/t;;;12-,13+;;;;2*10-;/m.......10./s1. The summed E-state index contributed by atoms with van der Waals surface area (Å²) in [5, 5.41) is 0. The molecule has 6 saturated heterocycles. The zero-order chi connectivity index (χ0) is 109. The van der Waals surface area contributed by atoms with Crippen molar-refractivity contribution in [2.45, 2.75) is 422 Å². The fourth-order valence-corrected chi connectivity index (χ4v) is 20.7. The van der Waals surface area contributed by atoms with Crippen molar-refractivity contribution in [3.63, 3.8) is 0 Å². The number of piperazine rings is 3. The first-order chi connectivity index (χ1) is 71.3. The van der Waals surface area contributed by atoms with Gasteiger partial charge in [0.15, 0.2) is 0 Å². The summed E-state index contributed by atoms with van der Waals surface area (Å²) in [5.74, 6) is 8.33. The largest absolute Gasteiger partial charge is 0.449 e. The van der Waals surface area contributed by atoms with E-state index in [0.717, 1.165) is 131 Å². The lowest BCUT2D eigenvalue weighted by molar-refractivity contribution is -0.0682. The summed E-state index contributed by atoms with van der Waals surface area (Å²) < 4.78 is 20.9. The normalized spacial score (nSPS) is 19.5. The van der Waals surface area contributed by atoms with Crippen LogP contribution in [-0.4, -0.2) is 317 Å². The minimum atomic E-state index is -0.180. The lowest BCUT2D eigenvalue weighted by atomic mass is 9.99. The fourth-order valence-electron chi connectivity index (χ4n) is 20.7. The molecule has 3 aromatic rings. The number of nitrogens with zero attached hydrogens (tertiary/aromatic N) is 13. The van der Waals surface area contributed by atoms with Crippen LogP contribution in [0, 0.1) is 59.2 Å². The van der Waals surface area contributed by atoms with Crippen LogP contribution >= 0.6 is 0 Å². The Kier molecular flexibility index (Phi) is 75.9. The molecule has 3 amide bonds. The molecule has 0 saturated carbocycles. The van der Waals surface area contributed by atoms with E-state index in [1.807, 2.05) is 35.8 Å². The van der Waals surface area contributed by atoms with Crippen LogP contribution in [0.3, 0.4) is 0 Å². The Bertz CT molecular complexity index is 3570. The average Bonchev–Trinajstić information content (AvgIpc) is 1.57. The smallest absolute Gasteiger partial charge is 0.410 e. The number of unbranched alkanes of at least 4 members (excludes halogenated alkanes) is 10. The van der Waals surface area contributed by atoms with Crippen LogP contribution < -0.4 is 0 Å². The van der Waals surface area contributed by atoms with Crippen molar-refractivity contribution >= 4 is 18.3 Å². The molecular weight excluding hydrogens is 1840 g/mol. The van der Waals surface area contributed by atoms with Crippen LogP contribution in [0.4, 0.5) is 14.4 Å². The number of hydrogen-bond acceptors (Lipinski definition) is 17.